The van der Waals surface area contributed by atoms with Gasteiger partial charge in [-0.25, -0.2) is 4.68 Å². The highest BCUT2D eigenvalue weighted by Gasteiger charge is 2.13. The van der Waals surface area contributed by atoms with Crippen LogP contribution in [0.1, 0.15) is 31.9 Å². The van der Waals surface area contributed by atoms with E-state index < -0.39 is 0 Å². The Morgan fingerprint density at radius 1 is 1.40 bits per heavy atom. The number of aromatic nitrogens is 2. The van der Waals surface area contributed by atoms with E-state index in [1.54, 1.807) is 30.1 Å². The summed E-state index contributed by atoms with van der Waals surface area (Å²) in [5.74, 6) is 1.54. The molecule has 1 aromatic carbocycles. The quantitative estimate of drug-likeness (QED) is 0.707. The summed E-state index contributed by atoms with van der Waals surface area (Å²) in [6.45, 7) is 7.74. The lowest BCUT2D eigenvalue weighted by atomic mass is 10.1. The van der Waals surface area contributed by atoms with Gasteiger partial charge in [0.2, 0.25) is 0 Å². The zero-order valence-corrected chi connectivity index (χ0v) is 15.0. The maximum absolute atomic E-state index is 12.2. The summed E-state index contributed by atoms with van der Waals surface area (Å²) in [5, 5.41) is 7.07. The van der Waals surface area contributed by atoms with E-state index >= 15 is 0 Å². The van der Waals surface area contributed by atoms with Gasteiger partial charge in [0.1, 0.15) is 5.82 Å². The van der Waals surface area contributed by atoms with Crippen LogP contribution >= 0.6 is 0 Å². The van der Waals surface area contributed by atoms with E-state index in [0.29, 0.717) is 17.3 Å². The van der Waals surface area contributed by atoms with E-state index in [4.69, 9.17) is 9.47 Å². The molecular weight excluding hydrogens is 318 g/mol. The fourth-order valence-electron chi connectivity index (χ4n) is 2.38. The zero-order valence-electron chi connectivity index (χ0n) is 15.0. The first-order valence-corrected chi connectivity index (χ1v) is 8.33. The highest BCUT2D eigenvalue weighted by Crippen LogP contribution is 2.28. The van der Waals surface area contributed by atoms with Gasteiger partial charge in [-0.05, 0) is 37.5 Å². The maximum atomic E-state index is 12.2. The van der Waals surface area contributed by atoms with Gasteiger partial charge >= 0.3 is 0 Å². The van der Waals surface area contributed by atoms with E-state index in [0.717, 1.165) is 18.4 Å². The zero-order chi connectivity index (χ0) is 18.2. The van der Waals surface area contributed by atoms with Crippen LogP contribution in [0.4, 0.5) is 5.82 Å². The molecule has 2 rings (SSSR count). The van der Waals surface area contributed by atoms with Gasteiger partial charge in [0.25, 0.3) is 5.91 Å². The van der Waals surface area contributed by atoms with E-state index in [9.17, 15) is 4.79 Å². The summed E-state index contributed by atoms with van der Waals surface area (Å²) in [5.41, 5.74) is 1.07. The summed E-state index contributed by atoms with van der Waals surface area (Å²) in [6.07, 6.45) is 5.17. The molecule has 0 aliphatic heterocycles. The molecule has 0 bridgehead atoms. The fourth-order valence-corrected chi connectivity index (χ4v) is 2.38. The minimum absolute atomic E-state index is 0.108. The molecule has 0 spiro atoms. The maximum Gasteiger partial charge on any atom is 0.263 e. The van der Waals surface area contributed by atoms with Gasteiger partial charge in [-0.15, -0.1) is 6.58 Å². The van der Waals surface area contributed by atoms with Crippen molar-refractivity contribution in [1.29, 1.82) is 0 Å². The third-order valence-electron chi connectivity index (χ3n) is 3.91. The number of benzene rings is 1. The monoisotopic (exact) mass is 343 g/mol. The van der Waals surface area contributed by atoms with Crippen molar-refractivity contribution < 1.29 is 14.3 Å². The minimum atomic E-state index is -0.248. The molecule has 0 aliphatic rings. The number of hydrogen-bond acceptors (Lipinski definition) is 4. The summed E-state index contributed by atoms with van der Waals surface area (Å²) < 4.78 is 12.7. The van der Waals surface area contributed by atoms with Gasteiger partial charge in [0, 0.05) is 6.07 Å². The van der Waals surface area contributed by atoms with Crippen LogP contribution in [0.5, 0.6) is 11.5 Å². The van der Waals surface area contributed by atoms with Gasteiger partial charge in [0.15, 0.2) is 18.1 Å². The second kappa shape index (κ2) is 8.92. The smallest absolute Gasteiger partial charge is 0.263 e. The summed E-state index contributed by atoms with van der Waals surface area (Å²) in [7, 11) is 1.57. The van der Waals surface area contributed by atoms with Crippen molar-refractivity contribution in [3.8, 4) is 11.5 Å². The number of methoxy groups -OCH3 is 1. The van der Waals surface area contributed by atoms with Crippen molar-refractivity contribution in [1.82, 2.24) is 9.78 Å². The number of amides is 1. The van der Waals surface area contributed by atoms with Crippen LogP contribution in [-0.4, -0.2) is 29.4 Å². The fraction of sp³-hybridized carbons (Fsp3) is 0.368. The van der Waals surface area contributed by atoms with Crippen LogP contribution in [0.25, 0.3) is 0 Å². The predicted molar refractivity (Wildman–Crippen MR) is 98.2 cm³/mol. The van der Waals surface area contributed by atoms with Gasteiger partial charge in [-0.2, -0.15) is 5.10 Å². The molecule has 1 aromatic heterocycles. The normalized spacial score (nSPS) is 11.6. The standard InChI is InChI=1S/C19H25N3O3/c1-5-7-15-8-9-16(17(12-15)24-4)25-13-19(23)21-18-10-11-20-22(18)14(3)6-2/h5,8-12,14H,1,6-7,13H2,2-4H3,(H,21,23). The Balaban J connectivity index is 1.98. The topological polar surface area (TPSA) is 65.4 Å². The predicted octanol–water partition coefficient (Wildman–Crippen LogP) is 3.61. The Labute approximate surface area is 148 Å². The first-order valence-electron chi connectivity index (χ1n) is 8.33. The molecule has 25 heavy (non-hydrogen) atoms. The van der Waals surface area contributed by atoms with Gasteiger partial charge < -0.3 is 14.8 Å². The lowest BCUT2D eigenvalue weighted by Crippen LogP contribution is -2.23. The second-order valence-corrected chi connectivity index (χ2v) is 5.73. The van der Waals surface area contributed by atoms with Gasteiger partial charge in [-0.3, -0.25) is 4.79 Å². The number of hydrogen-bond donors (Lipinski definition) is 1. The summed E-state index contributed by atoms with van der Waals surface area (Å²) in [4.78, 5) is 12.2. The van der Waals surface area contributed by atoms with E-state index in [2.05, 4.69) is 30.8 Å². The van der Waals surface area contributed by atoms with E-state index in [1.807, 2.05) is 18.2 Å². The first-order chi connectivity index (χ1) is 12.1. The lowest BCUT2D eigenvalue weighted by Gasteiger charge is -2.15. The molecule has 1 heterocycles. The minimum Gasteiger partial charge on any atom is -0.493 e. The molecule has 1 atom stereocenters. The number of rotatable bonds is 9. The SMILES string of the molecule is C=CCc1ccc(OCC(=O)Nc2ccnn2C(C)CC)c(OC)c1. The number of nitrogens with zero attached hydrogens (tertiary/aromatic N) is 2. The Bertz CT molecular complexity index is 724. The van der Waals surface area contributed by atoms with Gasteiger partial charge in [0.05, 0.1) is 19.3 Å². The highest BCUT2D eigenvalue weighted by atomic mass is 16.5. The molecule has 0 radical (unpaired) electrons. The van der Waals surface area contributed by atoms with Crippen molar-refractivity contribution in [3.63, 3.8) is 0 Å². The summed E-state index contributed by atoms with van der Waals surface area (Å²) >= 11 is 0. The van der Waals surface area contributed by atoms with Crippen molar-refractivity contribution in [3.05, 3.63) is 48.7 Å². The van der Waals surface area contributed by atoms with Crippen LogP contribution in [0.3, 0.4) is 0 Å². The van der Waals surface area contributed by atoms with Crippen LogP contribution in [0.15, 0.2) is 43.1 Å². The average molecular weight is 343 g/mol. The Morgan fingerprint density at radius 2 is 2.20 bits per heavy atom. The molecule has 1 amide bonds. The largest absolute Gasteiger partial charge is 0.493 e. The summed E-state index contributed by atoms with van der Waals surface area (Å²) in [6, 6.07) is 7.59. The number of anilines is 1. The average Bonchev–Trinajstić information content (AvgIpc) is 3.08. The molecule has 0 aliphatic carbocycles. The third-order valence-corrected chi connectivity index (χ3v) is 3.91. The Morgan fingerprint density at radius 3 is 2.88 bits per heavy atom. The second-order valence-electron chi connectivity index (χ2n) is 5.73. The molecule has 6 heteroatoms. The van der Waals surface area contributed by atoms with Crippen LogP contribution in [0.2, 0.25) is 0 Å². The molecule has 6 nitrogen and oxygen atoms in total. The number of ether oxygens (including phenoxy) is 2. The van der Waals surface area contributed by atoms with E-state index in [1.165, 1.54) is 0 Å². The molecule has 2 aromatic rings. The molecule has 0 saturated carbocycles. The van der Waals surface area contributed by atoms with E-state index in [-0.39, 0.29) is 18.6 Å². The number of carbonyl (C=O) groups is 1. The molecule has 0 fully saturated rings. The van der Waals surface area contributed by atoms with Crippen molar-refractivity contribution in [2.45, 2.75) is 32.7 Å². The highest BCUT2D eigenvalue weighted by molar-refractivity contribution is 5.91. The number of nitrogens with one attached hydrogen (secondary N) is 1. The Kier molecular flexibility index (Phi) is 6.62. The molecule has 1 N–H and O–H groups in total. The molecule has 1 unspecified atom stereocenters. The third kappa shape index (κ3) is 4.86. The molecule has 134 valence electrons. The molecular formula is C19H25N3O3. The van der Waals surface area contributed by atoms with Gasteiger partial charge in [-0.1, -0.05) is 19.1 Å². The van der Waals surface area contributed by atoms with Crippen molar-refractivity contribution in [2.24, 2.45) is 0 Å². The van der Waals surface area contributed by atoms with Crippen molar-refractivity contribution in [2.75, 3.05) is 19.0 Å². The first kappa shape index (κ1) is 18.6. The van der Waals surface area contributed by atoms with Crippen molar-refractivity contribution >= 4 is 11.7 Å². The molecule has 0 saturated heterocycles. The number of allylic oxidation sites excluding steroid dienone is 1. The van der Waals surface area contributed by atoms with Crippen LogP contribution < -0.4 is 14.8 Å². The Hall–Kier alpha value is -2.76. The van der Waals surface area contributed by atoms with Crippen LogP contribution in [0, 0.1) is 0 Å². The lowest BCUT2D eigenvalue weighted by molar-refractivity contribution is -0.118. The van der Waals surface area contributed by atoms with Crippen LogP contribution in [-0.2, 0) is 11.2 Å². The number of carbonyl (C=O) groups excluding carboxylic acids is 1.